The fraction of sp³-hybridized carbons (Fsp3) is 0.909. The Morgan fingerprint density at radius 2 is 2.38 bits per heavy atom. The number of carbonyl (C=O) groups excluding carboxylic acids is 1. The van der Waals surface area contributed by atoms with Gasteiger partial charge in [-0.2, -0.15) is 0 Å². The molecule has 0 aromatic rings. The van der Waals surface area contributed by atoms with Crippen LogP contribution in [0.15, 0.2) is 0 Å². The quantitative estimate of drug-likeness (QED) is 0.712. The van der Waals surface area contributed by atoms with Crippen molar-refractivity contribution in [2.75, 3.05) is 6.54 Å². The van der Waals surface area contributed by atoms with Crippen LogP contribution in [-0.2, 0) is 4.79 Å². The Labute approximate surface area is 81.1 Å². The Bertz CT molecular complexity index is 167. The van der Waals surface area contributed by atoms with Gasteiger partial charge in [-0.25, -0.2) is 0 Å². The molecule has 1 aliphatic heterocycles. The van der Waals surface area contributed by atoms with Gasteiger partial charge >= 0.3 is 0 Å². The molecule has 76 valence electrons. The summed E-state index contributed by atoms with van der Waals surface area (Å²) in [7, 11) is 0. The minimum atomic E-state index is 0.286. The molecule has 0 aromatic heterocycles. The molecule has 0 radical (unpaired) electrons. The van der Waals surface area contributed by atoms with Crippen molar-refractivity contribution in [3.05, 3.63) is 0 Å². The standard InChI is InChI=1S/C11H21NO/c1-3-5-9(2)8-10-6-4-7-12-11(10)13/h9-10H,3-8H2,1-2H3,(H,12,13). The molecule has 13 heavy (non-hydrogen) atoms. The molecule has 0 aliphatic carbocycles. The molecule has 1 saturated heterocycles. The van der Waals surface area contributed by atoms with E-state index in [-0.39, 0.29) is 5.91 Å². The second-order valence-corrected chi connectivity index (χ2v) is 4.26. The third kappa shape index (κ3) is 3.37. The minimum Gasteiger partial charge on any atom is -0.356 e. The number of hydrogen-bond donors (Lipinski definition) is 1. The van der Waals surface area contributed by atoms with Crippen LogP contribution in [0.4, 0.5) is 0 Å². The Morgan fingerprint density at radius 1 is 1.62 bits per heavy atom. The largest absolute Gasteiger partial charge is 0.356 e. The second kappa shape index (κ2) is 5.25. The van der Waals surface area contributed by atoms with Crippen LogP contribution in [0.5, 0.6) is 0 Å². The highest BCUT2D eigenvalue weighted by atomic mass is 16.1. The average molecular weight is 183 g/mol. The van der Waals surface area contributed by atoms with Crippen molar-refractivity contribution in [3.63, 3.8) is 0 Å². The lowest BCUT2D eigenvalue weighted by molar-refractivity contribution is -0.127. The van der Waals surface area contributed by atoms with E-state index in [1.165, 1.54) is 12.8 Å². The monoisotopic (exact) mass is 183 g/mol. The normalized spacial score (nSPS) is 25.4. The molecule has 2 unspecified atom stereocenters. The zero-order valence-electron chi connectivity index (χ0n) is 8.81. The maximum Gasteiger partial charge on any atom is 0.223 e. The predicted molar refractivity (Wildman–Crippen MR) is 54.4 cm³/mol. The summed E-state index contributed by atoms with van der Waals surface area (Å²) in [6, 6.07) is 0. The zero-order valence-corrected chi connectivity index (χ0v) is 8.81. The first kappa shape index (κ1) is 10.6. The molecule has 2 atom stereocenters. The van der Waals surface area contributed by atoms with Crippen LogP contribution in [-0.4, -0.2) is 12.5 Å². The maximum absolute atomic E-state index is 11.4. The van der Waals surface area contributed by atoms with E-state index in [0.29, 0.717) is 11.8 Å². The molecule has 1 rings (SSSR count). The van der Waals surface area contributed by atoms with Gasteiger partial charge in [0.1, 0.15) is 0 Å². The van der Waals surface area contributed by atoms with Gasteiger partial charge in [0.25, 0.3) is 0 Å². The average Bonchev–Trinajstić information content (AvgIpc) is 2.09. The van der Waals surface area contributed by atoms with Gasteiger partial charge in [-0.05, 0) is 25.2 Å². The van der Waals surface area contributed by atoms with E-state index >= 15 is 0 Å². The smallest absolute Gasteiger partial charge is 0.223 e. The van der Waals surface area contributed by atoms with Crippen LogP contribution in [0.2, 0.25) is 0 Å². The maximum atomic E-state index is 11.4. The van der Waals surface area contributed by atoms with Crippen LogP contribution < -0.4 is 5.32 Å². The molecule has 1 heterocycles. The van der Waals surface area contributed by atoms with Gasteiger partial charge in [0.05, 0.1) is 0 Å². The molecule has 2 nitrogen and oxygen atoms in total. The number of nitrogens with one attached hydrogen (secondary N) is 1. The summed E-state index contributed by atoms with van der Waals surface area (Å²) in [5.74, 6) is 1.29. The molecule has 1 fully saturated rings. The molecule has 2 heteroatoms. The van der Waals surface area contributed by atoms with Gasteiger partial charge in [-0.3, -0.25) is 4.79 Å². The van der Waals surface area contributed by atoms with E-state index in [1.54, 1.807) is 0 Å². The first-order valence-electron chi connectivity index (χ1n) is 5.51. The van der Waals surface area contributed by atoms with Crippen molar-refractivity contribution in [2.24, 2.45) is 11.8 Å². The van der Waals surface area contributed by atoms with Crippen LogP contribution in [0.25, 0.3) is 0 Å². The van der Waals surface area contributed by atoms with Crippen molar-refractivity contribution in [1.29, 1.82) is 0 Å². The Morgan fingerprint density at radius 3 is 3.00 bits per heavy atom. The fourth-order valence-electron chi connectivity index (χ4n) is 2.16. The number of hydrogen-bond acceptors (Lipinski definition) is 1. The van der Waals surface area contributed by atoms with E-state index in [4.69, 9.17) is 0 Å². The predicted octanol–water partition coefficient (Wildman–Crippen LogP) is 2.34. The topological polar surface area (TPSA) is 29.1 Å². The lowest BCUT2D eigenvalue weighted by Gasteiger charge is -2.24. The number of piperidine rings is 1. The van der Waals surface area contributed by atoms with Crippen LogP contribution in [0.1, 0.15) is 46.0 Å². The van der Waals surface area contributed by atoms with Crippen molar-refractivity contribution >= 4 is 5.91 Å². The van der Waals surface area contributed by atoms with Gasteiger partial charge in [-0.1, -0.05) is 26.7 Å². The summed E-state index contributed by atoms with van der Waals surface area (Å²) in [5.41, 5.74) is 0. The molecular formula is C11H21NO. The van der Waals surface area contributed by atoms with Gasteiger partial charge in [-0.15, -0.1) is 0 Å². The van der Waals surface area contributed by atoms with Crippen LogP contribution in [0.3, 0.4) is 0 Å². The van der Waals surface area contributed by atoms with E-state index in [1.807, 2.05) is 0 Å². The highest BCUT2D eigenvalue weighted by molar-refractivity contribution is 5.79. The van der Waals surface area contributed by atoms with Crippen LogP contribution in [0, 0.1) is 11.8 Å². The van der Waals surface area contributed by atoms with Gasteiger partial charge in [0.15, 0.2) is 0 Å². The van der Waals surface area contributed by atoms with Gasteiger partial charge in [0, 0.05) is 12.5 Å². The second-order valence-electron chi connectivity index (χ2n) is 4.26. The highest BCUT2D eigenvalue weighted by Crippen LogP contribution is 2.22. The lowest BCUT2D eigenvalue weighted by Crippen LogP contribution is -2.37. The Kier molecular flexibility index (Phi) is 4.26. The number of carbonyl (C=O) groups is 1. The van der Waals surface area contributed by atoms with Crippen LogP contribution >= 0.6 is 0 Å². The molecule has 0 aromatic carbocycles. The number of rotatable bonds is 4. The first-order chi connectivity index (χ1) is 6.24. The molecule has 1 N–H and O–H groups in total. The third-order valence-electron chi connectivity index (χ3n) is 2.87. The van der Waals surface area contributed by atoms with Gasteiger partial charge in [0.2, 0.25) is 5.91 Å². The first-order valence-corrected chi connectivity index (χ1v) is 5.51. The van der Waals surface area contributed by atoms with E-state index in [2.05, 4.69) is 19.2 Å². The molecule has 0 bridgehead atoms. The van der Waals surface area contributed by atoms with E-state index in [0.717, 1.165) is 25.8 Å². The van der Waals surface area contributed by atoms with Crippen molar-refractivity contribution in [1.82, 2.24) is 5.32 Å². The Hall–Kier alpha value is -0.530. The van der Waals surface area contributed by atoms with Crippen molar-refractivity contribution in [2.45, 2.75) is 46.0 Å². The Balaban J connectivity index is 2.29. The van der Waals surface area contributed by atoms with Crippen molar-refractivity contribution < 1.29 is 4.79 Å². The summed E-state index contributed by atoms with van der Waals surface area (Å²) in [5, 5.41) is 2.94. The van der Waals surface area contributed by atoms with Crippen molar-refractivity contribution in [3.8, 4) is 0 Å². The third-order valence-corrected chi connectivity index (χ3v) is 2.87. The molecular weight excluding hydrogens is 162 g/mol. The summed E-state index contributed by atoms with van der Waals surface area (Å²) < 4.78 is 0. The summed E-state index contributed by atoms with van der Waals surface area (Å²) >= 11 is 0. The molecule has 0 saturated carbocycles. The minimum absolute atomic E-state index is 0.286. The fourth-order valence-corrected chi connectivity index (χ4v) is 2.16. The summed E-state index contributed by atoms with van der Waals surface area (Å²) in [6.45, 7) is 5.35. The number of amides is 1. The molecule has 1 aliphatic rings. The molecule has 0 spiro atoms. The molecule has 1 amide bonds. The highest BCUT2D eigenvalue weighted by Gasteiger charge is 2.23. The van der Waals surface area contributed by atoms with E-state index in [9.17, 15) is 4.79 Å². The lowest BCUT2D eigenvalue weighted by atomic mass is 9.87. The summed E-state index contributed by atoms with van der Waals surface area (Å²) in [4.78, 5) is 11.4. The SMILES string of the molecule is CCCC(C)CC1CCCNC1=O. The summed E-state index contributed by atoms with van der Waals surface area (Å²) in [6.07, 6.45) is 5.83. The zero-order chi connectivity index (χ0) is 9.68. The van der Waals surface area contributed by atoms with Gasteiger partial charge < -0.3 is 5.32 Å². The van der Waals surface area contributed by atoms with E-state index < -0.39 is 0 Å².